The largest absolute Gasteiger partial charge is 1.00 e. The molecule has 4 aliphatic heterocycles. The van der Waals surface area contributed by atoms with Crippen LogP contribution < -0.4 is 43.4 Å². The van der Waals surface area contributed by atoms with Crippen LogP contribution in [0.25, 0.3) is 0 Å². The molecule has 0 aromatic heterocycles. The second-order valence-electron chi connectivity index (χ2n) is 19.6. The van der Waals surface area contributed by atoms with E-state index in [1.54, 1.807) is 12.1 Å². The van der Waals surface area contributed by atoms with Crippen molar-refractivity contribution in [3.8, 4) is 23.0 Å². The summed E-state index contributed by atoms with van der Waals surface area (Å²) in [6.45, 7) is 4.31. The zero-order chi connectivity index (χ0) is 35.8. The summed E-state index contributed by atoms with van der Waals surface area (Å²) in [6, 6.07) is 7.75. The number of hydrogen-bond acceptors (Lipinski definition) is 8. The second-order valence-corrected chi connectivity index (χ2v) is 19.6. The topological polar surface area (TPSA) is 140 Å². The molecule has 12 atom stereocenters. The average Bonchev–Trinajstić information content (AvgIpc) is 4.03. The normalized spacial score (nSPS) is 46.3. The molecule has 2 aromatic carbocycles. The third-order valence-corrected chi connectivity index (χ3v) is 16.9. The number of aromatic hydroxyl groups is 2. The van der Waals surface area contributed by atoms with Gasteiger partial charge < -0.3 is 83.0 Å². The number of benzene rings is 2. The van der Waals surface area contributed by atoms with Gasteiger partial charge in [0.15, 0.2) is 23.0 Å². The fourth-order valence-electron chi connectivity index (χ4n) is 14.3. The highest BCUT2D eigenvalue weighted by Crippen LogP contribution is 2.68. The standard InChI is InChI=1S/2C21H27NO4.2BrH/c2*1-22(11-12-2-3-12)9-8-20-17-13-4-5-14(23)18(17)26-19(20)15(24)6-7-21(20,25)16(22)10-13;;/h2*4-5,12,15-16,19,24-25H,2-3,6-11H2,1H3;2*1H/t15-,16+,19-,20-,21+,22?;15-,16-,19+,20+,21-,22?;;/m01../s1. The van der Waals surface area contributed by atoms with E-state index in [0.717, 1.165) is 83.8 Å². The molecule has 10 nitrogen and oxygen atoms in total. The van der Waals surface area contributed by atoms with Gasteiger partial charge in [-0.2, -0.15) is 0 Å². The number of aliphatic hydroxyl groups excluding tert-OH is 2. The molecule has 6 N–H and O–H groups in total. The van der Waals surface area contributed by atoms with E-state index in [9.17, 15) is 30.6 Å². The number of hydrogen-bond donors (Lipinski definition) is 6. The number of ether oxygens (including phenoxy) is 2. The lowest BCUT2D eigenvalue weighted by Crippen LogP contribution is -3.00. The van der Waals surface area contributed by atoms with Crippen molar-refractivity contribution in [1.82, 2.24) is 0 Å². The summed E-state index contributed by atoms with van der Waals surface area (Å²) >= 11 is 0. The van der Waals surface area contributed by atoms with Gasteiger partial charge in [-0.3, -0.25) is 0 Å². The number of quaternary nitrogens is 2. The molecule has 54 heavy (non-hydrogen) atoms. The first-order valence-corrected chi connectivity index (χ1v) is 20.3. The van der Waals surface area contributed by atoms with Gasteiger partial charge in [-0.05, 0) is 74.6 Å². The van der Waals surface area contributed by atoms with Crippen molar-refractivity contribution in [1.29, 1.82) is 0 Å². The molecule has 4 bridgehead atoms. The minimum absolute atomic E-state index is 0. The smallest absolute Gasteiger partial charge is 0.165 e. The van der Waals surface area contributed by atoms with Gasteiger partial charge in [0.2, 0.25) is 0 Å². The highest BCUT2D eigenvalue weighted by atomic mass is 79.9. The molecule has 2 spiro atoms. The van der Waals surface area contributed by atoms with Crippen LogP contribution >= 0.6 is 0 Å². The van der Waals surface area contributed by atoms with Crippen molar-refractivity contribution in [3.63, 3.8) is 0 Å². The first-order valence-electron chi connectivity index (χ1n) is 20.3. The number of rotatable bonds is 4. The Morgan fingerprint density at radius 1 is 0.611 bits per heavy atom. The minimum Gasteiger partial charge on any atom is -1.00 e. The molecule has 6 fully saturated rings. The zero-order valence-corrected chi connectivity index (χ0v) is 34.6. The van der Waals surface area contributed by atoms with Crippen LogP contribution in [0.3, 0.4) is 0 Å². The number of aliphatic hydroxyl groups is 4. The maximum atomic E-state index is 12.2. The zero-order valence-electron chi connectivity index (χ0n) is 31.4. The number of phenols is 2. The molecule has 2 saturated heterocycles. The van der Waals surface area contributed by atoms with Crippen molar-refractivity contribution in [2.75, 3.05) is 40.3 Å². The number of piperidine rings is 2. The van der Waals surface area contributed by atoms with Crippen LogP contribution in [-0.4, -0.2) is 128 Å². The number of phenolic OH excluding ortho intramolecular Hbond substituents is 2. The van der Waals surface area contributed by atoms with E-state index in [4.69, 9.17) is 9.47 Å². The molecule has 2 aromatic rings. The minimum atomic E-state index is -0.870. The third-order valence-electron chi connectivity index (χ3n) is 16.9. The van der Waals surface area contributed by atoms with Crippen LogP contribution in [0.5, 0.6) is 23.0 Å². The average molecular weight is 877 g/mol. The molecule has 4 heterocycles. The number of likely N-dealkylation sites (N-methyl/N-ethyl adjacent to an activating group) is 2. The molecule has 6 aliphatic carbocycles. The van der Waals surface area contributed by atoms with E-state index in [2.05, 4.69) is 14.1 Å². The van der Waals surface area contributed by atoms with Crippen molar-refractivity contribution in [3.05, 3.63) is 46.5 Å². The van der Waals surface area contributed by atoms with Gasteiger partial charge in [-0.25, -0.2) is 0 Å². The molecular weight excluding hydrogens is 820 g/mol. The van der Waals surface area contributed by atoms with Crippen LogP contribution in [-0.2, 0) is 23.7 Å². The van der Waals surface area contributed by atoms with E-state index in [0.29, 0.717) is 37.2 Å². The Morgan fingerprint density at radius 3 is 1.37 bits per heavy atom. The number of likely N-dealkylation sites (tertiary alicyclic amines) is 2. The molecule has 10 aliphatic rings. The van der Waals surface area contributed by atoms with Gasteiger partial charge >= 0.3 is 0 Å². The molecule has 4 saturated carbocycles. The summed E-state index contributed by atoms with van der Waals surface area (Å²) in [7, 11) is 4.66. The quantitative estimate of drug-likeness (QED) is 0.178. The Morgan fingerprint density at radius 2 is 1.00 bits per heavy atom. The Labute approximate surface area is 338 Å². The van der Waals surface area contributed by atoms with Crippen LogP contribution in [0, 0.1) is 11.8 Å². The lowest BCUT2D eigenvalue weighted by Gasteiger charge is -2.65. The summed E-state index contributed by atoms with van der Waals surface area (Å²) in [5.74, 6) is 2.92. The number of nitrogens with zero attached hydrogens (tertiary/aromatic N) is 2. The fourth-order valence-corrected chi connectivity index (χ4v) is 14.3. The Kier molecular flexibility index (Phi) is 8.40. The van der Waals surface area contributed by atoms with Crippen LogP contribution in [0.15, 0.2) is 24.3 Å². The van der Waals surface area contributed by atoms with Crippen molar-refractivity contribution < 1.29 is 83.0 Å². The summed E-state index contributed by atoms with van der Waals surface area (Å²) < 4.78 is 14.2. The van der Waals surface area contributed by atoms with E-state index in [-0.39, 0.29) is 57.5 Å². The van der Waals surface area contributed by atoms with Gasteiger partial charge in [0, 0.05) is 48.6 Å². The van der Waals surface area contributed by atoms with Crippen molar-refractivity contribution >= 4 is 0 Å². The van der Waals surface area contributed by atoms with Crippen LogP contribution in [0.1, 0.15) is 86.5 Å². The predicted molar refractivity (Wildman–Crippen MR) is 190 cm³/mol. The summed E-state index contributed by atoms with van der Waals surface area (Å²) in [4.78, 5) is 0. The Bertz CT molecular complexity index is 1760. The lowest BCUT2D eigenvalue weighted by molar-refractivity contribution is -0.950. The van der Waals surface area contributed by atoms with Gasteiger partial charge in [-0.1, -0.05) is 12.1 Å². The first-order chi connectivity index (χ1) is 24.8. The molecule has 2 unspecified atom stereocenters. The van der Waals surface area contributed by atoms with E-state index >= 15 is 0 Å². The highest BCUT2D eigenvalue weighted by molar-refractivity contribution is 5.63. The molecule has 0 amide bonds. The van der Waals surface area contributed by atoms with Gasteiger partial charge in [0.25, 0.3) is 0 Å². The van der Waals surface area contributed by atoms with E-state index in [1.807, 2.05) is 12.1 Å². The summed E-state index contributed by atoms with van der Waals surface area (Å²) in [5, 5.41) is 66.7. The monoisotopic (exact) mass is 874 g/mol. The second kappa shape index (κ2) is 12.0. The molecule has 12 heteroatoms. The van der Waals surface area contributed by atoms with Gasteiger partial charge in [0.1, 0.15) is 35.5 Å². The van der Waals surface area contributed by atoms with Crippen molar-refractivity contribution in [2.45, 2.75) is 136 Å². The maximum Gasteiger partial charge on any atom is 0.165 e. The first kappa shape index (κ1) is 37.9. The van der Waals surface area contributed by atoms with Crippen LogP contribution in [0.4, 0.5) is 0 Å². The van der Waals surface area contributed by atoms with Crippen LogP contribution in [0.2, 0.25) is 0 Å². The Hall–Kier alpha value is -1.64. The SMILES string of the molecule is C[N+]1(CC2CC2)CC[C@]23c4c5ccc(O)c4O[C@H]2[C@@H](O)CC[C@@]3(O)[C@H]1C5.C[N+]1(CC2CC2)CC[C@]23c4c5ccc(O)c4O[C@H]2[C@H](O)CC[C@@]3(O)[C@H]1C5.[Br-].[Br-]. The third kappa shape index (κ3) is 4.54. The van der Waals surface area contributed by atoms with E-state index in [1.165, 1.54) is 36.8 Å². The number of halogens is 2. The Balaban J connectivity index is 0.000000137. The molecule has 296 valence electrons. The fraction of sp³-hybridized carbons (Fsp3) is 0.714. The molecule has 0 radical (unpaired) electrons. The van der Waals surface area contributed by atoms with Crippen molar-refractivity contribution in [2.24, 2.45) is 11.8 Å². The van der Waals surface area contributed by atoms with Gasteiger partial charge in [0.05, 0.1) is 63.3 Å². The molecule has 12 rings (SSSR count). The summed E-state index contributed by atoms with van der Waals surface area (Å²) in [5.41, 5.74) is 1.51. The lowest BCUT2D eigenvalue weighted by atomic mass is 9.48. The molecular formula is C42H56Br2N2O8. The highest BCUT2D eigenvalue weighted by Gasteiger charge is 2.78. The predicted octanol–water partition coefficient (Wildman–Crippen LogP) is -3.07. The van der Waals surface area contributed by atoms with E-state index < -0.39 is 46.4 Å². The van der Waals surface area contributed by atoms with Gasteiger partial charge in [-0.15, -0.1) is 0 Å². The maximum absolute atomic E-state index is 12.2. The summed E-state index contributed by atoms with van der Waals surface area (Å²) in [6.07, 6.45) is 8.87.